The van der Waals surface area contributed by atoms with E-state index in [1.54, 1.807) is 25.1 Å². The van der Waals surface area contributed by atoms with Crippen LogP contribution >= 0.6 is 0 Å². The van der Waals surface area contributed by atoms with Crippen LogP contribution in [0.2, 0.25) is 0 Å². The fourth-order valence-corrected chi connectivity index (χ4v) is 2.99. The van der Waals surface area contributed by atoms with Crippen molar-refractivity contribution in [3.63, 3.8) is 0 Å². The van der Waals surface area contributed by atoms with Crippen molar-refractivity contribution in [1.29, 1.82) is 0 Å². The zero-order chi connectivity index (χ0) is 18.7. The number of nitrogens with one attached hydrogen (secondary N) is 1. The Bertz CT molecular complexity index is 881. The molecule has 1 atom stereocenters. The Morgan fingerprint density at radius 3 is 2.85 bits per heavy atom. The van der Waals surface area contributed by atoms with Gasteiger partial charge in [0.25, 0.3) is 5.91 Å². The number of esters is 1. The van der Waals surface area contributed by atoms with E-state index in [0.29, 0.717) is 17.0 Å². The largest absolute Gasteiger partial charge is 0.462 e. The molecule has 0 radical (unpaired) electrons. The van der Waals surface area contributed by atoms with Crippen LogP contribution in [0, 0.1) is 11.7 Å². The van der Waals surface area contributed by atoms with Crippen LogP contribution in [0.5, 0.6) is 0 Å². The number of hydrogen-bond donors (Lipinski definition) is 1. The molecule has 1 N–H and O–H groups in total. The number of carbonyl (C=O) groups is 2. The summed E-state index contributed by atoms with van der Waals surface area (Å²) < 4.78 is 19.0. The molecule has 1 unspecified atom stereocenters. The SMILES string of the molecule is CCOC(=O)C1=C(NCc2ccccc2F)C2C=CC=C(C)C2=NC1=O. The zero-order valence-electron chi connectivity index (χ0n) is 14.6. The Labute approximate surface area is 151 Å². The third-order valence-electron chi connectivity index (χ3n) is 4.27. The predicted octanol–water partition coefficient (Wildman–Crippen LogP) is 2.85. The molecule has 0 saturated carbocycles. The van der Waals surface area contributed by atoms with Gasteiger partial charge in [-0.05, 0) is 25.5 Å². The van der Waals surface area contributed by atoms with Crippen LogP contribution in [0.3, 0.4) is 0 Å². The van der Waals surface area contributed by atoms with Gasteiger partial charge in [-0.1, -0.05) is 36.4 Å². The third kappa shape index (κ3) is 3.35. The third-order valence-corrected chi connectivity index (χ3v) is 4.27. The molecule has 6 heteroatoms. The van der Waals surface area contributed by atoms with E-state index in [9.17, 15) is 14.0 Å². The van der Waals surface area contributed by atoms with E-state index in [2.05, 4.69) is 10.3 Å². The number of benzene rings is 1. The first-order valence-electron chi connectivity index (χ1n) is 8.39. The standard InChI is InChI=1S/C20H19FN2O3/c1-3-26-20(25)16-18(22-11-13-8-4-5-10-15(13)21)14-9-6-7-12(2)17(14)23-19(16)24/h4-10,14,22H,3,11H2,1-2H3. The molecule has 2 aliphatic rings. The number of dihydropyridines is 1. The van der Waals surface area contributed by atoms with Crippen molar-refractivity contribution in [3.8, 4) is 0 Å². The highest BCUT2D eigenvalue weighted by atomic mass is 19.1. The highest BCUT2D eigenvalue weighted by Crippen LogP contribution is 2.29. The maximum absolute atomic E-state index is 13.9. The van der Waals surface area contributed by atoms with Gasteiger partial charge in [0.15, 0.2) is 0 Å². The lowest BCUT2D eigenvalue weighted by atomic mass is 9.85. The smallest absolute Gasteiger partial charge is 0.345 e. The molecular formula is C20H19FN2O3. The van der Waals surface area contributed by atoms with Crippen LogP contribution in [0.25, 0.3) is 0 Å². The fourth-order valence-electron chi connectivity index (χ4n) is 2.99. The summed E-state index contributed by atoms with van der Waals surface area (Å²) in [5.41, 5.74) is 2.13. The number of amides is 1. The van der Waals surface area contributed by atoms with Crippen molar-refractivity contribution in [2.24, 2.45) is 10.9 Å². The van der Waals surface area contributed by atoms with Gasteiger partial charge in [0.1, 0.15) is 11.4 Å². The van der Waals surface area contributed by atoms with Crippen LogP contribution in [-0.2, 0) is 20.9 Å². The normalized spacial score (nSPS) is 18.9. The molecule has 1 aromatic carbocycles. The molecule has 0 spiro atoms. The minimum absolute atomic E-state index is 0.128. The van der Waals surface area contributed by atoms with E-state index in [1.807, 2.05) is 25.2 Å². The molecule has 1 aliphatic carbocycles. The summed E-state index contributed by atoms with van der Waals surface area (Å²) in [6, 6.07) is 6.35. The van der Waals surface area contributed by atoms with Gasteiger partial charge in [-0.25, -0.2) is 14.2 Å². The Kier molecular flexibility index (Phi) is 5.11. The molecule has 5 nitrogen and oxygen atoms in total. The van der Waals surface area contributed by atoms with Crippen LogP contribution < -0.4 is 5.32 Å². The molecule has 0 aromatic heterocycles. The van der Waals surface area contributed by atoms with Crippen LogP contribution in [-0.4, -0.2) is 24.2 Å². The minimum Gasteiger partial charge on any atom is -0.462 e. The molecule has 1 amide bonds. The van der Waals surface area contributed by atoms with Gasteiger partial charge in [0.05, 0.1) is 18.2 Å². The lowest BCUT2D eigenvalue weighted by Gasteiger charge is -2.28. The number of hydrogen-bond acceptors (Lipinski definition) is 4. The second kappa shape index (κ2) is 7.47. The summed E-state index contributed by atoms with van der Waals surface area (Å²) in [5, 5.41) is 3.08. The summed E-state index contributed by atoms with van der Waals surface area (Å²) >= 11 is 0. The molecule has 1 aromatic rings. The van der Waals surface area contributed by atoms with Crippen molar-refractivity contribution in [2.75, 3.05) is 6.61 Å². The first kappa shape index (κ1) is 17.8. The Hall–Kier alpha value is -3.02. The summed E-state index contributed by atoms with van der Waals surface area (Å²) in [5.74, 6) is -2.10. The summed E-state index contributed by atoms with van der Waals surface area (Å²) in [7, 11) is 0. The first-order chi connectivity index (χ1) is 12.5. The van der Waals surface area contributed by atoms with Crippen molar-refractivity contribution in [3.05, 3.63) is 70.7 Å². The number of halogens is 1. The molecule has 0 bridgehead atoms. The van der Waals surface area contributed by atoms with Crippen LogP contribution in [0.4, 0.5) is 4.39 Å². The average molecular weight is 354 g/mol. The first-order valence-corrected chi connectivity index (χ1v) is 8.39. The number of aliphatic imine (C=N–C) groups is 1. The number of allylic oxidation sites excluding steroid dienone is 4. The highest BCUT2D eigenvalue weighted by molar-refractivity contribution is 6.25. The quantitative estimate of drug-likeness (QED) is 0.652. The maximum atomic E-state index is 13.9. The molecule has 1 aliphatic heterocycles. The van der Waals surface area contributed by atoms with E-state index in [-0.39, 0.29) is 30.5 Å². The summed E-state index contributed by atoms with van der Waals surface area (Å²) in [4.78, 5) is 28.9. The fraction of sp³-hybridized carbons (Fsp3) is 0.250. The number of rotatable bonds is 5. The minimum atomic E-state index is -0.725. The van der Waals surface area contributed by atoms with E-state index in [4.69, 9.17) is 4.74 Å². The molecule has 26 heavy (non-hydrogen) atoms. The number of carbonyl (C=O) groups excluding carboxylic acids is 2. The topological polar surface area (TPSA) is 67.8 Å². The van der Waals surface area contributed by atoms with E-state index in [1.165, 1.54) is 6.07 Å². The van der Waals surface area contributed by atoms with Gasteiger partial charge < -0.3 is 10.1 Å². The van der Waals surface area contributed by atoms with Gasteiger partial charge in [0, 0.05) is 17.8 Å². The molecule has 134 valence electrons. The lowest BCUT2D eigenvalue weighted by Crippen LogP contribution is -2.36. The monoisotopic (exact) mass is 354 g/mol. The van der Waals surface area contributed by atoms with E-state index < -0.39 is 11.9 Å². The van der Waals surface area contributed by atoms with Gasteiger partial charge in [-0.15, -0.1) is 0 Å². The Morgan fingerprint density at radius 2 is 2.12 bits per heavy atom. The summed E-state index contributed by atoms with van der Waals surface area (Å²) in [6.45, 7) is 3.80. The molecular weight excluding hydrogens is 335 g/mol. The van der Waals surface area contributed by atoms with Gasteiger partial charge in [-0.2, -0.15) is 0 Å². The lowest BCUT2D eigenvalue weighted by molar-refractivity contribution is -0.140. The second-order valence-electron chi connectivity index (χ2n) is 5.97. The number of nitrogens with zero attached hydrogens (tertiary/aromatic N) is 1. The van der Waals surface area contributed by atoms with Gasteiger partial charge in [-0.3, -0.25) is 4.79 Å². The Balaban J connectivity index is 1.99. The predicted molar refractivity (Wildman–Crippen MR) is 95.7 cm³/mol. The molecule has 3 rings (SSSR count). The Morgan fingerprint density at radius 1 is 1.35 bits per heavy atom. The van der Waals surface area contributed by atoms with E-state index in [0.717, 1.165) is 5.57 Å². The van der Waals surface area contributed by atoms with Crippen molar-refractivity contribution in [2.45, 2.75) is 20.4 Å². The zero-order valence-corrected chi connectivity index (χ0v) is 14.6. The average Bonchev–Trinajstić information content (AvgIpc) is 2.61. The number of fused-ring (bicyclic) bond motifs is 1. The van der Waals surface area contributed by atoms with Gasteiger partial charge in [0.2, 0.25) is 0 Å². The van der Waals surface area contributed by atoms with Crippen LogP contribution in [0.15, 0.2) is 64.3 Å². The molecule has 0 saturated heterocycles. The maximum Gasteiger partial charge on any atom is 0.345 e. The summed E-state index contributed by atoms with van der Waals surface area (Å²) in [6.07, 6.45) is 5.55. The second-order valence-corrected chi connectivity index (χ2v) is 5.97. The van der Waals surface area contributed by atoms with Crippen molar-refractivity contribution >= 4 is 17.6 Å². The molecule has 0 fully saturated rings. The van der Waals surface area contributed by atoms with Crippen molar-refractivity contribution < 1.29 is 18.7 Å². The number of ether oxygens (including phenoxy) is 1. The van der Waals surface area contributed by atoms with E-state index >= 15 is 0 Å². The highest BCUT2D eigenvalue weighted by Gasteiger charge is 2.36. The van der Waals surface area contributed by atoms with Gasteiger partial charge >= 0.3 is 5.97 Å². The van der Waals surface area contributed by atoms with Crippen LogP contribution in [0.1, 0.15) is 19.4 Å². The van der Waals surface area contributed by atoms with Crippen molar-refractivity contribution in [1.82, 2.24) is 5.32 Å². The molecule has 1 heterocycles.